The lowest BCUT2D eigenvalue weighted by atomic mass is 10.1. The molecule has 8 heteroatoms. The summed E-state index contributed by atoms with van der Waals surface area (Å²) in [5.41, 5.74) is 1.49. The molecule has 0 unspecified atom stereocenters. The number of benzene rings is 2. The molecule has 0 spiro atoms. The molecule has 1 heterocycles. The lowest BCUT2D eigenvalue weighted by Gasteiger charge is -2.12. The molecule has 28 heavy (non-hydrogen) atoms. The first-order valence-electron chi connectivity index (χ1n) is 8.61. The van der Waals surface area contributed by atoms with E-state index in [4.69, 9.17) is 13.7 Å². The maximum atomic E-state index is 11.8. The van der Waals surface area contributed by atoms with Gasteiger partial charge in [-0.1, -0.05) is 18.2 Å². The molecule has 0 aliphatic heterocycles. The quantitative estimate of drug-likeness (QED) is 0.406. The van der Waals surface area contributed by atoms with E-state index in [0.29, 0.717) is 12.4 Å². The Balaban J connectivity index is 1.82. The fraction of sp³-hybridized carbons (Fsp3) is 0.250. The molecule has 0 saturated carbocycles. The third-order valence-corrected chi connectivity index (χ3v) is 5.25. The molecule has 0 N–H and O–H groups in total. The Kier molecular flexibility index (Phi) is 6.21. The van der Waals surface area contributed by atoms with Gasteiger partial charge in [0.2, 0.25) is 0 Å². The second-order valence-electron chi connectivity index (χ2n) is 6.10. The molecule has 0 atom stereocenters. The second kappa shape index (κ2) is 8.62. The minimum Gasteiger partial charge on any atom is -0.489 e. The Bertz CT molecular complexity index is 1090. The third-order valence-electron chi connectivity index (χ3n) is 3.83. The van der Waals surface area contributed by atoms with Crippen LogP contribution in [0.15, 0.2) is 47.8 Å². The van der Waals surface area contributed by atoms with Crippen LogP contribution in [0.4, 0.5) is 0 Å². The minimum atomic E-state index is -3.64. The van der Waals surface area contributed by atoms with Crippen molar-refractivity contribution in [1.29, 1.82) is 0 Å². The predicted molar refractivity (Wildman–Crippen MR) is 108 cm³/mol. The summed E-state index contributed by atoms with van der Waals surface area (Å²) in [6, 6.07) is 12.7. The summed E-state index contributed by atoms with van der Waals surface area (Å²) in [7, 11) is -3.64. The largest absolute Gasteiger partial charge is 0.489 e. The van der Waals surface area contributed by atoms with Crippen molar-refractivity contribution < 1.29 is 26.9 Å². The molecule has 0 amide bonds. The molecule has 3 aromatic rings. The summed E-state index contributed by atoms with van der Waals surface area (Å²) < 4.78 is 39.9. The van der Waals surface area contributed by atoms with Gasteiger partial charge < -0.3 is 13.7 Å². The molecule has 0 aliphatic carbocycles. The van der Waals surface area contributed by atoms with Crippen LogP contribution in [0.5, 0.6) is 11.5 Å². The van der Waals surface area contributed by atoms with Crippen LogP contribution in [0.1, 0.15) is 18.1 Å². The van der Waals surface area contributed by atoms with Crippen LogP contribution in [-0.4, -0.2) is 27.2 Å². The van der Waals surface area contributed by atoms with E-state index in [9.17, 15) is 13.2 Å². The molecule has 0 saturated heterocycles. The van der Waals surface area contributed by atoms with E-state index in [1.165, 1.54) is 11.3 Å². The summed E-state index contributed by atoms with van der Waals surface area (Å²) in [5, 5.41) is 2.75. The standard InChI is InChI=1S/C20H20O6S2/c1-3-24-19(21)12-15-6-4-5-7-17(15)25-13-14-10-16-8-9-27-20(16)18(11-14)26-28(2,22)23/h4-11H,3,12-13H2,1-2H3. The highest BCUT2D eigenvalue weighted by Crippen LogP contribution is 2.33. The number of fused-ring (bicyclic) bond motifs is 1. The average Bonchev–Trinajstić information content (AvgIpc) is 3.09. The molecule has 0 fully saturated rings. The Morgan fingerprint density at radius 3 is 2.64 bits per heavy atom. The van der Waals surface area contributed by atoms with Crippen LogP contribution in [0, 0.1) is 0 Å². The van der Waals surface area contributed by atoms with Gasteiger partial charge in [-0.2, -0.15) is 8.42 Å². The summed E-state index contributed by atoms with van der Waals surface area (Å²) >= 11 is 1.41. The second-order valence-corrected chi connectivity index (χ2v) is 8.59. The fourth-order valence-corrected chi connectivity index (χ4v) is 4.08. The molecule has 6 nitrogen and oxygen atoms in total. The van der Waals surface area contributed by atoms with Gasteiger partial charge in [0.15, 0.2) is 5.75 Å². The number of hydrogen-bond acceptors (Lipinski definition) is 7. The summed E-state index contributed by atoms with van der Waals surface area (Å²) in [6.45, 7) is 2.29. The number of esters is 1. The van der Waals surface area contributed by atoms with Crippen LogP contribution in [-0.2, 0) is 32.7 Å². The van der Waals surface area contributed by atoms with Crippen molar-refractivity contribution in [1.82, 2.24) is 0 Å². The van der Waals surface area contributed by atoms with E-state index in [2.05, 4.69) is 0 Å². The van der Waals surface area contributed by atoms with Crippen molar-refractivity contribution in [3.05, 3.63) is 59.0 Å². The van der Waals surface area contributed by atoms with Crippen molar-refractivity contribution in [3.8, 4) is 11.5 Å². The van der Waals surface area contributed by atoms with Crippen LogP contribution >= 0.6 is 11.3 Å². The highest BCUT2D eigenvalue weighted by atomic mass is 32.2. The van der Waals surface area contributed by atoms with Gasteiger partial charge in [0.05, 0.1) is 24.0 Å². The fourth-order valence-electron chi connectivity index (χ4n) is 2.74. The first-order chi connectivity index (χ1) is 13.4. The number of carbonyl (C=O) groups excluding carboxylic acids is 1. The van der Waals surface area contributed by atoms with E-state index >= 15 is 0 Å². The van der Waals surface area contributed by atoms with Crippen molar-refractivity contribution in [2.75, 3.05) is 12.9 Å². The molecule has 0 aliphatic rings. The number of hydrogen-bond donors (Lipinski definition) is 0. The van der Waals surface area contributed by atoms with Crippen LogP contribution in [0.2, 0.25) is 0 Å². The summed E-state index contributed by atoms with van der Waals surface area (Å²) in [5.74, 6) is 0.544. The molecule has 0 radical (unpaired) electrons. The van der Waals surface area contributed by atoms with Gasteiger partial charge in [-0.3, -0.25) is 4.79 Å². The SMILES string of the molecule is CCOC(=O)Cc1ccccc1OCc1cc(OS(C)(=O)=O)c2sccc2c1. The van der Waals surface area contributed by atoms with Gasteiger partial charge in [-0.15, -0.1) is 11.3 Å². The van der Waals surface area contributed by atoms with E-state index in [1.807, 2.05) is 35.7 Å². The van der Waals surface area contributed by atoms with Gasteiger partial charge in [0.1, 0.15) is 12.4 Å². The van der Waals surface area contributed by atoms with E-state index in [0.717, 1.165) is 27.5 Å². The molecular formula is C20H20O6S2. The highest BCUT2D eigenvalue weighted by molar-refractivity contribution is 7.86. The maximum Gasteiger partial charge on any atom is 0.310 e. The maximum absolute atomic E-state index is 11.8. The zero-order chi connectivity index (χ0) is 20.1. The smallest absolute Gasteiger partial charge is 0.310 e. The molecular weight excluding hydrogens is 400 g/mol. The monoisotopic (exact) mass is 420 g/mol. The zero-order valence-corrected chi connectivity index (χ0v) is 17.1. The van der Waals surface area contributed by atoms with Gasteiger partial charge in [-0.05, 0) is 47.5 Å². The average molecular weight is 421 g/mol. The Morgan fingerprint density at radius 1 is 1.11 bits per heavy atom. The van der Waals surface area contributed by atoms with Gasteiger partial charge in [-0.25, -0.2) is 0 Å². The van der Waals surface area contributed by atoms with E-state index < -0.39 is 10.1 Å². The molecule has 2 aromatic carbocycles. The molecule has 148 valence electrons. The molecule has 0 bridgehead atoms. The van der Waals surface area contributed by atoms with Crippen molar-refractivity contribution in [2.24, 2.45) is 0 Å². The number of rotatable bonds is 8. The normalized spacial score (nSPS) is 11.4. The van der Waals surface area contributed by atoms with Gasteiger partial charge in [0.25, 0.3) is 0 Å². The first-order valence-corrected chi connectivity index (χ1v) is 11.3. The van der Waals surface area contributed by atoms with Crippen molar-refractivity contribution in [3.63, 3.8) is 0 Å². The third kappa shape index (κ3) is 5.24. The van der Waals surface area contributed by atoms with Gasteiger partial charge in [0, 0.05) is 5.56 Å². The highest BCUT2D eigenvalue weighted by Gasteiger charge is 2.14. The van der Waals surface area contributed by atoms with Crippen molar-refractivity contribution in [2.45, 2.75) is 20.0 Å². The number of ether oxygens (including phenoxy) is 2. The summed E-state index contributed by atoms with van der Waals surface area (Å²) in [6.07, 6.45) is 1.14. The summed E-state index contributed by atoms with van der Waals surface area (Å²) in [4.78, 5) is 11.8. The Morgan fingerprint density at radius 2 is 1.89 bits per heavy atom. The lowest BCUT2D eigenvalue weighted by molar-refractivity contribution is -0.142. The predicted octanol–water partition coefficient (Wildman–Crippen LogP) is 3.92. The number of para-hydroxylation sites is 1. The van der Waals surface area contributed by atoms with Gasteiger partial charge >= 0.3 is 16.1 Å². The van der Waals surface area contributed by atoms with Crippen LogP contribution in [0.25, 0.3) is 10.1 Å². The first kappa shape index (κ1) is 20.2. The van der Waals surface area contributed by atoms with E-state index in [-0.39, 0.29) is 24.7 Å². The zero-order valence-electron chi connectivity index (χ0n) is 15.5. The number of thiophene rings is 1. The minimum absolute atomic E-state index is 0.121. The molecule has 3 rings (SSSR count). The van der Waals surface area contributed by atoms with Crippen LogP contribution < -0.4 is 8.92 Å². The van der Waals surface area contributed by atoms with Crippen molar-refractivity contribution >= 4 is 37.5 Å². The lowest BCUT2D eigenvalue weighted by Crippen LogP contribution is -2.09. The Labute approximate surface area is 167 Å². The molecule has 1 aromatic heterocycles. The Hall–Kier alpha value is -2.58. The topological polar surface area (TPSA) is 78.9 Å². The van der Waals surface area contributed by atoms with Crippen LogP contribution in [0.3, 0.4) is 0 Å². The van der Waals surface area contributed by atoms with E-state index in [1.54, 1.807) is 19.1 Å². The number of carbonyl (C=O) groups is 1.